The zero-order valence-electron chi connectivity index (χ0n) is 12.2. The summed E-state index contributed by atoms with van der Waals surface area (Å²) in [5.41, 5.74) is 1.08. The van der Waals surface area contributed by atoms with Gasteiger partial charge in [-0.05, 0) is 43.7 Å². The van der Waals surface area contributed by atoms with E-state index in [-0.39, 0.29) is 0 Å². The van der Waals surface area contributed by atoms with E-state index in [1.807, 2.05) is 25.1 Å². The van der Waals surface area contributed by atoms with E-state index in [0.717, 1.165) is 48.3 Å². The number of ether oxygens (including phenoxy) is 1. The van der Waals surface area contributed by atoms with Gasteiger partial charge in [0, 0.05) is 18.1 Å². The number of halogens is 1. The Balaban J connectivity index is 1.67. The van der Waals surface area contributed by atoms with E-state index < -0.39 is 0 Å². The molecule has 112 valence electrons. The Morgan fingerprint density at radius 3 is 3.05 bits per heavy atom. The number of aryl methyl sites for hydroxylation is 1. The molecule has 5 nitrogen and oxygen atoms in total. The Bertz CT molecular complexity index is 629. The minimum Gasteiger partial charge on any atom is -0.497 e. The molecule has 21 heavy (non-hydrogen) atoms. The van der Waals surface area contributed by atoms with Crippen molar-refractivity contribution in [3.8, 4) is 5.75 Å². The first kappa shape index (κ1) is 14.4. The van der Waals surface area contributed by atoms with Crippen LogP contribution in [0.1, 0.15) is 29.6 Å². The third-order valence-electron chi connectivity index (χ3n) is 3.81. The van der Waals surface area contributed by atoms with Crippen molar-refractivity contribution in [2.45, 2.75) is 25.8 Å². The van der Waals surface area contributed by atoms with Gasteiger partial charge in [0.05, 0.1) is 13.0 Å². The van der Waals surface area contributed by atoms with E-state index in [9.17, 15) is 0 Å². The molecular weight excluding hydrogens is 290 g/mol. The van der Waals surface area contributed by atoms with Crippen molar-refractivity contribution >= 4 is 11.6 Å². The Morgan fingerprint density at radius 1 is 1.48 bits per heavy atom. The third kappa shape index (κ3) is 3.19. The standard InChI is InChI=1S/C15H18ClN3O2/c1-10-17-15(21-18-10)11-5-6-19(8-11)9-12-7-13(20-2)3-4-14(12)16/h3-4,7,11H,5-6,8-9H2,1-2H3/t11-/m1/s1. The van der Waals surface area contributed by atoms with E-state index >= 15 is 0 Å². The Morgan fingerprint density at radius 2 is 2.33 bits per heavy atom. The van der Waals surface area contributed by atoms with Crippen molar-refractivity contribution in [1.82, 2.24) is 15.0 Å². The smallest absolute Gasteiger partial charge is 0.231 e. The fourth-order valence-corrected chi connectivity index (χ4v) is 2.87. The van der Waals surface area contributed by atoms with Crippen LogP contribution in [0.5, 0.6) is 5.75 Å². The van der Waals surface area contributed by atoms with Gasteiger partial charge in [0.1, 0.15) is 5.75 Å². The molecule has 0 aliphatic carbocycles. The van der Waals surface area contributed by atoms with Crippen LogP contribution in [0.15, 0.2) is 22.7 Å². The van der Waals surface area contributed by atoms with E-state index in [0.29, 0.717) is 11.7 Å². The molecule has 0 bridgehead atoms. The first-order valence-electron chi connectivity index (χ1n) is 7.00. The second kappa shape index (κ2) is 6.03. The number of methoxy groups -OCH3 is 1. The van der Waals surface area contributed by atoms with Crippen LogP contribution in [0.3, 0.4) is 0 Å². The molecule has 1 aromatic heterocycles. The average Bonchev–Trinajstić information content (AvgIpc) is 3.10. The van der Waals surface area contributed by atoms with Gasteiger partial charge in [0.2, 0.25) is 5.89 Å². The molecule has 0 amide bonds. The van der Waals surface area contributed by atoms with Gasteiger partial charge in [-0.15, -0.1) is 0 Å². The highest BCUT2D eigenvalue weighted by atomic mass is 35.5. The second-order valence-electron chi connectivity index (χ2n) is 5.36. The van der Waals surface area contributed by atoms with Crippen LogP contribution >= 0.6 is 11.6 Å². The van der Waals surface area contributed by atoms with Crippen molar-refractivity contribution in [2.75, 3.05) is 20.2 Å². The molecule has 3 rings (SSSR count). The molecular formula is C15H18ClN3O2. The molecule has 1 aromatic carbocycles. The molecule has 1 aliphatic rings. The van der Waals surface area contributed by atoms with Gasteiger partial charge in [-0.25, -0.2) is 0 Å². The van der Waals surface area contributed by atoms with E-state index in [1.165, 1.54) is 0 Å². The van der Waals surface area contributed by atoms with Crippen molar-refractivity contribution < 1.29 is 9.26 Å². The number of nitrogens with zero attached hydrogens (tertiary/aromatic N) is 3. The number of hydrogen-bond acceptors (Lipinski definition) is 5. The summed E-state index contributed by atoms with van der Waals surface area (Å²) < 4.78 is 10.5. The summed E-state index contributed by atoms with van der Waals surface area (Å²) in [4.78, 5) is 6.68. The lowest BCUT2D eigenvalue weighted by molar-refractivity contribution is 0.308. The summed E-state index contributed by atoms with van der Waals surface area (Å²) in [6.07, 6.45) is 1.03. The molecule has 0 spiro atoms. The van der Waals surface area contributed by atoms with Gasteiger partial charge in [0.25, 0.3) is 0 Å². The topological polar surface area (TPSA) is 51.4 Å². The molecule has 1 atom stereocenters. The molecule has 2 heterocycles. The highest BCUT2D eigenvalue weighted by molar-refractivity contribution is 6.31. The molecule has 1 fully saturated rings. The van der Waals surface area contributed by atoms with Crippen molar-refractivity contribution in [1.29, 1.82) is 0 Å². The Kier molecular flexibility index (Phi) is 4.12. The number of hydrogen-bond donors (Lipinski definition) is 0. The lowest BCUT2D eigenvalue weighted by atomic mass is 10.1. The third-order valence-corrected chi connectivity index (χ3v) is 4.18. The highest BCUT2D eigenvalue weighted by Crippen LogP contribution is 2.29. The number of aromatic nitrogens is 2. The van der Waals surface area contributed by atoms with Crippen molar-refractivity contribution in [3.05, 3.63) is 40.5 Å². The van der Waals surface area contributed by atoms with Crippen LogP contribution in [0.25, 0.3) is 0 Å². The van der Waals surface area contributed by atoms with E-state index in [1.54, 1.807) is 7.11 Å². The largest absolute Gasteiger partial charge is 0.497 e. The molecule has 6 heteroatoms. The van der Waals surface area contributed by atoms with Gasteiger partial charge in [-0.2, -0.15) is 4.98 Å². The van der Waals surface area contributed by atoms with Gasteiger partial charge in [0.15, 0.2) is 5.82 Å². The van der Waals surface area contributed by atoms with Crippen LogP contribution in [0.2, 0.25) is 5.02 Å². The Labute approximate surface area is 128 Å². The minimum absolute atomic E-state index is 0.315. The molecule has 2 aromatic rings. The number of rotatable bonds is 4. The van der Waals surface area contributed by atoms with E-state index in [4.69, 9.17) is 20.9 Å². The van der Waals surface area contributed by atoms with E-state index in [2.05, 4.69) is 15.0 Å². The molecule has 0 radical (unpaired) electrons. The predicted molar refractivity (Wildman–Crippen MR) is 79.7 cm³/mol. The second-order valence-corrected chi connectivity index (χ2v) is 5.77. The molecule has 1 aliphatic heterocycles. The molecule has 0 saturated carbocycles. The van der Waals surface area contributed by atoms with Crippen LogP contribution in [-0.2, 0) is 6.54 Å². The van der Waals surface area contributed by atoms with Crippen LogP contribution in [-0.4, -0.2) is 35.2 Å². The molecule has 0 unspecified atom stereocenters. The minimum atomic E-state index is 0.315. The lowest BCUT2D eigenvalue weighted by Crippen LogP contribution is -2.20. The fraction of sp³-hybridized carbons (Fsp3) is 0.467. The summed E-state index contributed by atoms with van der Waals surface area (Å²) in [6, 6.07) is 5.75. The predicted octanol–water partition coefficient (Wildman–Crippen LogP) is 3.03. The zero-order chi connectivity index (χ0) is 14.8. The van der Waals surface area contributed by atoms with Crippen LogP contribution in [0.4, 0.5) is 0 Å². The maximum atomic E-state index is 6.27. The van der Waals surface area contributed by atoms with Crippen LogP contribution < -0.4 is 4.74 Å². The quantitative estimate of drug-likeness (QED) is 0.869. The fourth-order valence-electron chi connectivity index (χ4n) is 2.70. The Hall–Kier alpha value is -1.59. The van der Waals surface area contributed by atoms with Crippen LogP contribution in [0, 0.1) is 6.92 Å². The average molecular weight is 308 g/mol. The summed E-state index contributed by atoms with van der Waals surface area (Å²) in [5.74, 6) is 2.58. The number of likely N-dealkylation sites (tertiary alicyclic amines) is 1. The maximum Gasteiger partial charge on any atom is 0.231 e. The van der Waals surface area contributed by atoms with Gasteiger partial charge >= 0.3 is 0 Å². The van der Waals surface area contributed by atoms with Crippen molar-refractivity contribution in [3.63, 3.8) is 0 Å². The number of benzene rings is 1. The van der Waals surface area contributed by atoms with Gasteiger partial charge < -0.3 is 9.26 Å². The normalized spacial score (nSPS) is 19.1. The summed E-state index contributed by atoms with van der Waals surface area (Å²) in [5, 5.41) is 4.64. The first-order chi connectivity index (χ1) is 10.2. The summed E-state index contributed by atoms with van der Waals surface area (Å²) in [7, 11) is 1.66. The summed E-state index contributed by atoms with van der Waals surface area (Å²) >= 11 is 6.27. The van der Waals surface area contributed by atoms with Crippen molar-refractivity contribution in [2.24, 2.45) is 0 Å². The molecule has 0 N–H and O–H groups in total. The van der Waals surface area contributed by atoms with Gasteiger partial charge in [-0.3, -0.25) is 4.90 Å². The highest BCUT2D eigenvalue weighted by Gasteiger charge is 2.28. The first-order valence-corrected chi connectivity index (χ1v) is 7.38. The SMILES string of the molecule is COc1ccc(Cl)c(CN2CC[C@@H](c3nc(C)no3)C2)c1. The molecule has 1 saturated heterocycles. The monoisotopic (exact) mass is 307 g/mol. The zero-order valence-corrected chi connectivity index (χ0v) is 12.9. The van der Waals surface area contributed by atoms with Gasteiger partial charge in [-0.1, -0.05) is 16.8 Å². The summed E-state index contributed by atoms with van der Waals surface area (Å²) in [6.45, 7) is 4.56. The maximum absolute atomic E-state index is 6.27. The lowest BCUT2D eigenvalue weighted by Gasteiger charge is -2.16.